The molecule has 150 valence electrons. The molecule has 0 radical (unpaired) electrons. The zero-order chi connectivity index (χ0) is 19.6. The molecular formula is C24H25NO4. The van der Waals surface area contributed by atoms with Crippen LogP contribution >= 0.6 is 0 Å². The van der Waals surface area contributed by atoms with Crippen molar-refractivity contribution in [1.82, 2.24) is 4.98 Å². The molecule has 1 saturated carbocycles. The first kappa shape index (κ1) is 18.3. The molecule has 0 bridgehead atoms. The second-order valence-electron chi connectivity index (χ2n) is 8.04. The third-order valence-electron chi connectivity index (χ3n) is 5.63. The Balaban J connectivity index is 1.26. The molecule has 1 N–H and O–H groups in total. The van der Waals surface area contributed by atoms with Crippen LogP contribution < -0.4 is 9.47 Å². The molecule has 1 atom stereocenters. The van der Waals surface area contributed by atoms with Gasteiger partial charge in [-0.25, -0.2) is 4.98 Å². The van der Waals surface area contributed by atoms with E-state index in [9.17, 15) is 5.11 Å². The molecule has 2 aliphatic carbocycles. The van der Waals surface area contributed by atoms with Crippen LogP contribution in [0.3, 0.4) is 0 Å². The fraction of sp³-hybridized carbons (Fsp3) is 0.375. The largest absolute Gasteiger partial charge is 0.493 e. The van der Waals surface area contributed by atoms with Crippen LogP contribution in [-0.2, 0) is 12.8 Å². The van der Waals surface area contributed by atoms with Gasteiger partial charge in [-0.15, -0.1) is 0 Å². The minimum absolute atomic E-state index is 0.203. The third-order valence-corrected chi connectivity index (χ3v) is 5.63. The third kappa shape index (κ3) is 4.30. The molecule has 1 heterocycles. The number of ether oxygens (including phenoxy) is 2. The topological polar surface area (TPSA) is 64.7 Å². The van der Waals surface area contributed by atoms with Crippen LogP contribution in [0.4, 0.5) is 0 Å². The number of hydrogen-bond acceptors (Lipinski definition) is 5. The molecule has 0 saturated heterocycles. The number of rotatable bonds is 7. The first-order valence-corrected chi connectivity index (χ1v) is 10.4. The summed E-state index contributed by atoms with van der Waals surface area (Å²) < 4.78 is 17.8. The first-order chi connectivity index (χ1) is 14.3. The van der Waals surface area contributed by atoms with Crippen molar-refractivity contribution >= 4 is 0 Å². The molecule has 1 unspecified atom stereocenters. The summed E-state index contributed by atoms with van der Waals surface area (Å²) in [4.78, 5) is 4.65. The molecule has 2 aliphatic rings. The normalized spacial score (nSPS) is 18.3. The van der Waals surface area contributed by atoms with Gasteiger partial charge in [-0.05, 0) is 73.9 Å². The van der Waals surface area contributed by atoms with Crippen molar-refractivity contribution in [1.29, 1.82) is 0 Å². The van der Waals surface area contributed by atoms with Gasteiger partial charge in [-0.3, -0.25) is 0 Å². The van der Waals surface area contributed by atoms with Crippen molar-refractivity contribution in [3.8, 4) is 28.7 Å². The number of aromatic nitrogens is 1. The van der Waals surface area contributed by atoms with Gasteiger partial charge in [0.2, 0.25) is 5.89 Å². The summed E-state index contributed by atoms with van der Waals surface area (Å²) in [7, 11) is 0. The Kier molecular flexibility index (Phi) is 4.98. The molecule has 0 aliphatic heterocycles. The summed E-state index contributed by atoms with van der Waals surface area (Å²) >= 11 is 0. The summed E-state index contributed by atoms with van der Waals surface area (Å²) in [6, 6.07) is 15.5. The lowest BCUT2D eigenvalue weighted by molar-refractivity contribution is 0.205. The van der Waals surface area contributed by atoms with Gasteiger partial charge >= 0.3 is 0 Å². The molecule has 5 nitrogen and oxygen atoms in total. The average molecular weight is 391 g/mol. The van der Waals surface area contributed by atoms with E-state index in [4.69, 9.17) is 13.9 Å². The monoisotopic (exact) mass is 391 g/mol. The Labute approximate surface area is 170 Å². The van der Waals surface area contributed by atoms with Gasteiger partial charge in [0, 0.05) is 24.7 Å². The minimum Gasteiger partial charge on any atom is -0.493 e. The van der Waals surface area contributed by atoms with Crippen molar-refractivity contribution in [3.05, 3.63) is 60.0 Å². The van der Waals surface area contributed by atoms with E-state index in [-0.39, 0.29) is 12.5 Å². The van der Waals surface area contributed by atoms with E-state index in [2.05, 4.69) is 4.98 Å². The summed E-state index contributed by atoms with van der Waals surface area (Å²) in [5.41, 5.74) is 1.95. The molecule has 0 amide bonds. The minimum atomic E-state index is 0.203. The number of fused-ring (bicyclic) bond motifs is 1. The smallest absolute Gasteiger partial charge is 0.226 e. The van der Waals surface area contributed by atoms with Gasteiger partial charge in [-0.2, -0.15) is 0 Å². The number of nitrogens with zero attached hydrogens (tertiary/aromatic N) is 1. The van der Waals surface area contributed by atoms with Crippen molar-refractivity contribution in [3.63, 3.8) is 0 Å². The molecule has 5 rings (SSSR count). The van der Waals surface area contributed by atoms with Crippen LogP contribution in [0.15, 0.2) is 52.9 Å². The summed E-state index contributed by atoms with van der Waals surface area (Å²) in [5.74, 6) is 4.91. The van der Waals surface area contributed by atoms with Crippen molar-refractivity contribution < 1.29 is 19.0 Å². The van der Waals surface area contributed by atoms with Gasteiger partial charge in [-0.1, -0.05) is 6.07 Å². The predicted molar refractivity (Wildman–Crippen MR) is 109 cm³/mol. The van der Waals surface area contributed by atoms with E-state index in [0.717, 1.165) is 66.1 Å². The highest BCUT2D eigenvalue weighted by Gasteiger charge is 2.24. The molecule has 29 heavy (non-hydrogen) atoms. The number of aliphatic hydroxyl groups excluding tert-OH is 1. The Morgan fingerprint density at radius 3 is 2.59 bits per heavy atom. The van der Waals surface area contributed by atoms with Crippen LogP contribution in [0.5, 0.6) is 17.2 Å². The van der Waals surface area contributed by atoms with Crippen LogP contribution in [0.1, 0.15) is 30.7 Å². The summed E-state index contributed by atoms with van der Waals surface area (Å²) in [6.45, 7) is 0.992. The molecular weight excluding hydrogens is 366 g/mol. The molecule has 1 aromatic heterocycles. The van der Waals surface area contributed by atoms with E-state index in [1.165, 1.54) is 12.8 Å². The summed E-state index contributed by atoms with van der Waals surface area (Å²) in [5, 5.41) is 9.38. The highest BCUT2D eigenvalue weighted by atomic mass is 16.5. The predicted octanol–water partition coefficient (Wildman–Crippen LogP) is 5.02. The quantitative estimate of drug-likeness (QED) is 0.613. The van der Waals surface area contributed by atoms with E-state index < -0.39 is 0 Å². The molecule has 2 aromatic carbocycles. The lowest BCUT2D eigenvalue weighted by Crippen LogP contribution is -2.16. The highest BCUT2D eigenvalue weighted by molar-refractivity contribution is 5.55. The maximum absolute atomic E-state index is 9.38. The average Bonchev–Trinajstić information content (AvgIpc) is 3.49. The Morgan fingerprint density at radius 2 is 1.79 bits per heavy atom. The molecule has 0 spiro atoms. The van der Waals surface area contributed by atoms with Crippen molar-refractivity contribution in [2.45, 2.75) is 32.1 Å². The van der Waals surface area contributed by atoms with E-state index >= 15 is 0 Å². The number of hydrogen-bond donors (Lipinski definition) is 1. The van der Waals surface area contributed by atoms with Gasteiger partial charge in [0.1, 0.15) is 23.0 Å². The Morgan fingerprint density at radius 1 is 0.966 bits per heavy atom. The van der Waals surface area contributed by atoms with Gasteiger partial charge in [0.05, 0.1) is 12.3 Å². The van der Waals surface area contributed by atoms with Crippen LogP contribution in [0, 0.1) is 11.8 Å². The number of aryl methyl sites for hydroxylation is 1. The second-order valence-corrected chi connectivity index (χ2v) is 8.04. The Hall–Kier alpha value is -2.79. The summed E-state index contributed by atoms with van der Waals surface area (Å²) in [6.07, 6.45) is 5.14. The van der Waals surface area contributed by atoms with Crippen molar-refractivity contribution in [2.24, 2.45) is 11.8 Å². The number of aliphatic hydroxyl groups is 1. The van der Waals surface area contributed by atoms with Crippen LogP contribution in [0.25, 0.3) is 11.5 Å². The van der Waals surface area contributed by atoms with Gasteiger partial charge in [0.25, 0.3) is 0 Å². The standard InChI is InChI=1S/C24H25NO4/c26-14-17-6-11-22-23(12-17)29-24(25-22)18-7-9-19(10-8-18)28-21-3-1-2-20(13-21)27-15-16-4-5-16/h1-3,7-10,13,16-17,26H,4-6,11-12,14-15H2. The lowest BCUT2D eigenvalue weighted by Gasteiger charge is -2.16. The second kappa shape index (κ2) is 7.91. The SMILES string of the molecule is OCC1CCc2nc(-c3ccc(Oc4cccc(OCC5CC5)c4)cc3)oc2C1. The van der Waals surface area contributed by atoms with Crippen LogP contribution in [0.2, 0.25) is 0 Å². The molecule has 1 fully saturated rings. The van der Waals surface area contributed by atoms with Crippen LogP contribution in [-0.4, -0.2) is 23.3 Å². The zero-order valence-electron chi connectivity index (χ0n) is 16.3. The molecule has 3 aromatic rings. The Bertz CT molecular complexity index is 975. The lowest BCUT2D eigenvalue weighted by atomic mass is 9.91. The fourth-order valence-electron chi connectivity index (χ4n) is 3.65. The first-order valence-electron chi connectivity index (χ1n) is 10.4. The van der Waals surface area contributed by atoms with E-state index in [1.807, 2.05) is 48.5 Å². The van der Waals surface area contributed by atoms with E-state index in [1.54, 1.807) is 0 Å². The maximum Gasteiger partial charge on any atom is 0.226 e. The van der Waals surface area contributed by atoms with Gasteiger partial charge in [0.15, 0.2) is 0 Å². The maximum atomic E-state index is 9.38. The number of oxazole rings is 1. The molecule has 5 heteroatoms. The van der Waals surface area contributed by atoms with Crippen molar-refractivity contribution in [2.75, 3.05) is 13.2 Å². The highest BCUT2D eigenvalue weighted by Crippen LogP contribution is 2.33. The number of benzene rings is 2. The van der Waals surface area contributed by atoms with E-state index in [0.29, 0.717) is 5.89 Å². The fourth-order valence-corrected chi connectivity index (χ4v) is 3.65. The zero-order valence-corrected chi connectivity index (χ0v) is 16.3. The van der Waals surface area contributed by atoms with Gasteiger partial charge < -0.3 is 19.0 Å².